The maximum atomic E-state index is 13.4. The lowest BCUT2D eigenvalue weighted by Crippen LogP contribution is -2.29. The number of hydrogen-bond donors (Lipinski definition) is 1. The maximum Gasteiger partial charge on any atom is 0.295 e. The summed E-state index contributed by atoms with van der Waals surface area (Å²) >= 11 is 0. The van der Waals surface area contributed by atoms with Crippen LogP contribution in [0.5, 0.6) is 17.2 Å². The van der Waals surface area contributed by atoms with Crippen molar-refractivity contribution in [2.24, 2.45) is 0 Å². The molecule has 1 saturated heterocycles. The fourth-order valence-electron chi connectivity index (χ4n) is 5.02. The van der Waals surface area contributed by atoms with Crippen molar-refractivity contribution < 1.29 is 28.9 Å². The minimum Gasteiger partial charge on any atom is -0.507 e. The van der Waals surface area contributed by atoms with Gasteiger partial charge in [-0.3, -0.25) is 9.59 Å². The van der Waals surface area contributed by atoms with E-state index in [1.54, 1.807) is 30.3 Å². The third kappa shape index (κ3) is 4.53. The van der Waals surface area contributed by atoms with Gasteiger partial charge in [0.05, 0.1) is 25.3 Å². The Morgan fingerprint density at radius 3 is 2.57 bits per heavy atom. The highest BCUT2D eigenvalue weighted by atomic mass is 16.5. The molecular formula is C30H29NO6. The topological polar surface area (TPSA) is 85.3 Å². The number of nitrogens with zero attached hydrogens (tertiary/aromatic N) is 1. The van der Waals surface area contributed by atoms with Crippen molar-refractivity contribution >= 4 is 17.4 Å². The molecule has 2 heterocycles. The number of carbonyl (C=O) groups is 2. The molecule has 2 unspecified atom stereocenters. The van der Waals surface area contributed by atoms with E-state index in [4.69, 9.17) is 14.2 Å². The van der Waals surface area contributed by atoms with E-state index < -0.39 is 17.7 Å². The van der Waals surface area contributed by atoms with Crippen LogP contribution in [-0.2, 0) is 22.6 Å². The lowest BCUT2D eigenvalue weighted by molar-refractivity contribution is -0.140. The number of fused-ring (bicyclic) bond motifs is 1. The standard InChI is InChI=1S/C30H29NO6/c1-4-36-24-13-10-20(16-25(24)35-3)27-26(28(32)21-11-12-23-22(15-21)14-18(2)37-23)29(33)30(34)31(27)17-19-8-6-5-7-9-19/h5-13,15-16,18,27,32H,4,14,17H2,1-3H3/b28-26+. The summed E-state index contributed by atoms with van der Waals surface area (Å²) in [6.45, 7) is 4.53. The van der Waals surface area contributed by atoms with Crippen LogP contribution < -0.4 is 14.2 Å². The third-order valence-corrected chi connectivity index (χ3v) is 6.71. The first-order valence-electron chi connectivity index (χ1n) is 12.3. The SMILES string of the molecule is CCOc1ccc(C2/C(=C(\O)c3ccc4c(c3)CC(C)O4)C(=O)C(=O)N2Cc2ccccc2)cc1OC. The minimum absolute atomic E-state index is 0.0408. The zero-order valence-corrected chi connectivity index (χ0v) is 21.1. The van der Waals surface area contributed by atoms with Gasteiger partial charge in [-0.15, -0.1) is 0 Å². The first-order valence-corrected chi connectivity index (χ1v) is 12.3. The van der Waals surface area contributed by atoms with E-state index in [9.17, 15) is 14.7 Å². The van der Waals surface area contributed by atoms with E-state index in [-0.39, 0.29) is 24.0 Å². The molecule has 3 aromatic rings. The molecule has 2 aliphatic rings. The Hall–Kier alpha value is -4.26. The number of ketones is 1. The van der Waals surface area contributed by atoms with Crippen LogP contribution >= 0.6 is 0 Å². The first kappa shape index (κ1) is 24.4. The van der Waals surface area contributed by atoms with Crippen molar-refractivity contribution in [3.63, 3.8) is 0 Å². The molecule has 0 saturated carbocycles. The quantitative estimate of drug-likeness (QED) is 0.279. The van der Waals surface area contributed by atoms with Crippen molar-refractivity contribution in [3.8, 4) is 17.2 Å². The van der Waals surface area contributed by atoms with Gasteiger partial charge in [0.1, 0.15) is 17.6 Å². The number of hydrogen-bond acceptors (Lipinski definition) is 6. The summed E-state index contributed by atoms with van der Waals surface area (Å²) in [4.78, 5) is 28.3. The summed E-state index contributed by atoms with van der Waals surface area (Å²) in [7, 11) is 1.54. The molecule has 0 spiro atoms. The molecule has 2 aliphatic heterocycles. The number of aliphatic hydroxyl groups is 1. The van der Waals surface area contributed by atoms with Crippen molar-refractivity contribution in [2.75, 3.05) is 13.7 Å². The molecule has 37 heavy (non-hydrogen) atoms. The minimum atomic E-state index is -0.812. The second-order valence-electron chi connectivity index (χ2n) is 9.21. The van der Waals surface area contributed by atoms with Crippen LogP contribution in [0.15, 0.2) is 72.3 Å². The van der Waals surface area contributed by atoms with Crippen LogP contribution in [0.1, 0.15) is 42.1 Å². The van der Waals surface area contributed by atoms with Crippen molar-refractivity contribution in [1.82, 2.24) is 4.90 Å². The normalized spacial score (nSPS) is 20.0. The van der Waals surface area contributed by atoms with Gasteiger partial charge in [-0.1, -0.05) is 36.4 Å². The van der Waals surface area contributed by atoms with E-state index in [2.05, 4.69) is 0 Å². The van der Waals surface area contributed by atoms with Gasteiger partial charge in [0, 0.05) is 18.5 Å². The molecule has 2 atom stereocenters. The summed E-state index contributed by atoms with van der Waals surface area (Å²) in [6, 6.07) is 19.3. The molecule has 0 aromatic heterocycles. The molecular weight excluding hydrogens is 470 g/mol. The highest BCUT2D eigenvalue weighted by Crippen LogP contribution is 2.43. The molecule has 3 aromatic carbocycles. The predicted molar refractivity (Wildman–Crippen MR) is 139 cm³/mol. The Morgan fingerprint density at radius 2 is 1.84 bits per heavy atom. The van der Waals surface area contributed by atoms with E-state index >= 15 is 0 Å². The number of aliphatic hydroxyl groups excluding tert-OH is 1. The van der Waals surface area contributed by atoms with Crippen molar-refractivity contribution in [1.29, 1.82) is 0 Å². The van der Waals surface area contributed by atoms with Crippen molar-refractivity contribution in [3.05, 3.63) is 94.6 Å². The van der Waals surface area contributed by atoms with E-state index in [1.165, 1.54) is 12.0 Å². The van der Waals surface area contributed by atoms with Gasteiger partial charge < -0.3 is 24.2 Å². The van der Waals surface area contributed by atoms with Crippen LogP contribution in [0.3, 0.4) is 0 Å². The molecule has 7 nitrogen and oxygen atoms in total. The van der Waals surface area contributed by atoms with Gasteiger partial charge in [0.2, 0.25) is 0 Å². The summed E-state index contributed by atoms with van der Waals surface area (Å²) in [5, 5.41) is 11.5. The summed E-state index contributed by atoms with van der Waals surface area (Å²) in [5.41, 5.74) is 2.97. The Labute approximate surface area is 215 Å². The smallest absolute Gasteiger partial charge is 0.295 e. The lowest BCUT2D eigenvalue weighted by atomic mass is 9.94. The van der Waals surface area contributed by atoms with Gasteiger partial charge in [-0.2, -0.15) is 0 Å². The fraction of sp³-hybridized carbons (Fsp3) is 0.267. The molecule has 0 bridgehead atoms. The average molecular weight is 500 g/mol. The van der Waals surface area contributed by atoms with Crippen LogP contribution in [0.2, 0.25) is 0 Å². The van der Waals surface area contributed by atoms with Gasteiger partial charge in [-0.25, -0.2) is 0 Å². The zero-order chi connectivity index (χ0) is 26.1. The first-order chi connectivity index (χ1) is 17.9. The summed E-state index contributed by atoms with van der Waals surface area (Å²) < 4.78 is 17.0. The monoisotopic (exact) mass is 499 g/mol. The van der Waals surface area contributed by atoms with E-state index in [0.29, 0.717) is 35.7 Å². The summed E-state index contributed by atoms with van der Waals surface area (Å²) in [6.07, 6.45) is 0.748. The van der Waals surface area contributed by atoms with Crippen LogP contribution in [0.4, 0.5) is 0 Å². The van der Waals surface area contributed by atoms with Gasteiger partial charge in [0.25, 0.3) is 11.7 Å². The summed E-state index contributed by atoms with van der Waals surface area (Å²) in [5.74, 6) is 0.197. The Morgan fingerprint density at radius 1 is 1.05 bits per heavy atom. The van der Waals surface area contributed by atoms with Gasteiger partial charge >= 0.3 is 0 Å². The molecule has 1 fully saturated rings. The van der Waals surface area contributed by atoms with E-state index in [1.807, 2.05) is 50.2 Å². The molecule has 7 heteroatoms. The van der Waals surface area contributed by atoms with Gasteiger partial charge in [0.15, 0.2) is 11.5 Å². The molecule has 1 N–H and O–H groups in total. The largest absolute Gasteiger partial charge is 0.507 e. The maximum absolute atomic E-state index is 13.4. The number of carbonyl (C=O) groups excluding carboxylic acids is 2. The zero-order valence-electron chi connectivity index (χ0n) is 21.1. The number of methoxy groups -OCH3 is 1. The number of likely N-dealkylation sites (tertiary alicyclic amines) is 1. The number of amides is 1. The van der Waals surface area contributed by atoms with E-state index in [0.717, 1.165) is 16.9 Å². The number of Topliss-reactive ketones (excluding diaryl/α,β-unsaturated/α-hetero) is 1. The Kier molecular flexibility index (Phi) is 6.61. The molecule has 0 aliphatic carbocycles. The number of benzene rings is 3. The van der Waals surface area contributed by atoms with Crippen LogP contribution in [0, 0.1) is 0 Å². The van der Waals surface area contributed by atoms with Crippen LogP contribution in [-0.4, -0.2) is 41.5 Å². The number of ether oxygens (including phenoxy) is 3. The van der Waals surface area contributed by atoms with Crippen LogP contribution in [0.25, 0.3) is 5.76 Å². The molecule has 0 radical (unpaired) electrons. The third-order valence-electron chi connectivity index (χ3n) is 6.71. The second kappa shape index (κ2) is 10.0. The molecule has 5 rings (SSSR count). The highest BCUT2D eigenvalue weighted by Gasteiger charge is 2.46. The average Bonchev–Trinajstić information content (AvgIpc) is 3.40. The number of rotatable bonds is 7. The highest BCUT2D eigenvalue weighted by molar-refractivity contribution is 6.46. The Bertz CT molecular complexity index is 1380. The molecule has 1 amide bonds. The molecule has 190 valence electrons. The van der Waals surface area contributed by atoms with Gasteiger partial charge in [-0.05, 0) is 60.9 Å². The fourth-order valence-corrected chi connectivity index (χ4v) is 5.02. The Balaban J connectivity index is 1.64. The predicted octanol–water partition coefficient (Wildman–Crippen LogP) is 5.04. The lowest BCUT2D eigenvalue weighted by Gasteiger charge is -2.26. The van der Waals surface area contributed by atoms with Crippen molar-refractivity contribution in [2.45, 2.75) is 39.0 Å². The second-order valence-corrected chi connectivity index (χ2v) is 9.21.